The zero-order valence-corrected chi connectivity index (χ0v) is 15.3. The lowest BCUT2D eigenvalue weighted by molar-refractivity contribution is 0.328. The first-order valence-electron chi connectivity index (χ1n) is 9.57. The van der Waals surface area contributed by atoms with E-state index >= 15 is 0 Å². The number of fused-ring (bicyclic) bond motifs is 1. The SMILES string of the molecule is COc1cc2c(cc1CN[C@@H]1CCC[C@H]1Cc1cc(C)no1)CCC2. The van der Waals surface area contributed by atoms with Gasteiger partial charge < -0.3 is 14.6 Å². The minimum Gasteiger partial charge on any atom is -0.496 e. The van der Waals surface area contributed by atoms with E-state index in [1.165, 1.54) is 55.2 Å². The number of rotatable bonds is 6. The van der Waals surface area contributed by atoms with Gasteiger partial charge in [0.2, 0.25) is 0 Å². The lowest BCUT2D eigenvalue weighted by atomic mass is 9.97. The summed E-state index contributed by atoms with van der Waals surface area (Å²) in [6, 6.07) is 7.22. The Balaban J connectivity index is 1.42. The summed E-state index contributed by atoms with van der Waals surface area (Å²) in [6.07, 6.45) is 8.46. The van der Waals surface area contributed by atoms with Gasteiger partial charge in [-0.25, -0.2) is 0 Å². The molecule has 0 saturated heterocycles. The summed E-state index contributed by atoms with van der Waals surface area (Å²) in [5.41, 5.74) is 5.25. The maximum Gasteiger partial charge on any atom is 0.137 e. The van der Waals surface area contributed by atoms with Crippen LogP contribution in [0.3, 0.4) is 0 Å². The van der Waals surface area contributed by atoms with Crippen LogP contribution in [0.25, 0.3) is 0 Å². The minimum atomic E-state index is 0.545. The Morgan fingerprint density at radius 1 is 1.16 bits per heavy atom. The topological polar surface area (TPSA) is 47.3 Å². The lowest BCUT2D eigenvalue weighted by Gasteiger charge is -2.21. The second kappa shape index (κ2) is 7.20. The average molecular weight is 340 g/mol. The summed E-state index contributed by atoms with van der Waals surface area (Å²) >= 11 is 0. The Morgan fingerprint density at radius 3 is 2.76 bits per heavy atom. The van der Waals surface area contributed by atoms with Crippen molar-refractivity contribution in [1.29, 1.82) is 0 Å². The molecule has 1 fully saturated rings. The molecule has 2 aromatic rings. The van der Waals surface area contributed by atoms with Crippen LogP contribution in [0.5, 0.6) is 5.75 Å². The number of aromatic nitrogens is 1. The molecule has 1 aromatic carbocycles. The molecule has 0 aliphatic heterocycles. The lowest BCUT2D eigenvalue weighted by Crippen LogP contribution is -2.33. The van der Waals surface area contributed by atoms with E-state index in [4.69, 9.17) is 9.26 Å². The highest BCUT2D eigenvalue weighted by molar-refractivity contribution is 5.44. The molecule has 2 aliphatic carbocycles. The molecule has 0 unspecified atom stereocenters. The summed E-state index contributed by atoms with van der Waals surface area (Å²) in [5, 5.41) is 7.82. The van der Waals surface area contributed by atoms with Gasteiger partial charge in [0.25, 0.3) is 0 Å². The number of aryl methyl sites for hydroxylation is 3. The quantitative estimate of drug-likeness (QED) is 0.864. The highest BCUT2D eigenvalue weighted by Gasteiger charge is 2.28. The number of hydrogen-bond acceptors (Lipinski definition) is 4. The molecule has 0 bridgehead atoms. The van der Waals surface area contributed by atoms with Crippen LogP contribution in [0, 0.1) is 12.8 Å². The average Bonchev–Trinajstić information content (AvgIpc) is 3.33. The van der Waals surface area contributed by atoms with Gasteiger partial charge in [0.1, 0.15) is 11.5 Å². The molecule has 1 aromatic heterocycles. The Morgan fingerprint density at radius 2 is 2.00 bits per heavy atom. The van der Waals surface area contributed by atoms with Crippen molar-refractivity contribution >= 4 is 0 Å². The summed E-state index contributed by atoms with van der Waals surface area (Å²) in [7, 11) is 1.78. The van der Waals surface area contributed by atoms with Crippen molar-refractivity contribution in [2.75, 3.05) is 7.11 Å². The fourth-order valence-electron chi connectivity index (χ4n) is 4.54. The van der Waals surface area contributed by atoms with Gasteiger partial charge >= 0.3 is 0 Å². The second-order valence-electron chi connectivity index (χ2n) is 7.60. The zero-order valence-electron chi connectivity index (χ0n) is 15.3. The summed E-state index contributed by atoms with van der Waals surface area (Å²) < 4.78 is 11.1. The molecule has 0 amide bonds. The monoisotopic (exact) mass is 340 g/mol. The smallest absolute Gasteiger partial charge is 0.137 e. The first kappa shape index (κ1) is 16.6. The van der Waals surface area contributed by atoms with Crippen LogP contribution in [0.4, 0.5) is 0 Å². The van der Waals surface area contributed by atoms with Gasteiger partial charge in [-0.1, -0.05) is 17.6 Å². The van der Waals surface area contributed by atoms with Gasteiger partial charge in [0, 0.05) is 30.6 Å². The third-order valence-corrected chi connectivity index (χ3v) is 5.85. The zero-order chi connectivity index (χ0) is 17.2. The predicted octanol–water partition coefficient (Wildman–Crippen LogP) is 3.98. The van der Waals surface area contributed by atoms with Gasteiger partial charge in [-0.05, 0) is 62.1 Å². The van der Waals surface area contributed by atoms with Crippen LogP contribution in [-0.2, 0) is 25.8 Å². The van der Waals surface area contributed by atoms with Crippen LogP contribution < -0.4 is 10.1 Å². The van der Waals surface area contributed by atoms with Gasteiger partial charge in [-0.2, -0.15) is 0 Å². The Kier molecular flexibility index (Phi) is 4.80. The highest BCUT2D eigenvalue weighted by Crippen LogP contribution is 2.32. The third-order valence-electron chi connectivity index (χ3n) is 5.85. The number of methoxy groups -OCH3 is 1. The third kappa shape index (κ3) is 3.59. The minimum absolute atomic E-state index is 0.545. The van der Waals surface area contributed by atoms with Crippen LogP contribution in [0.15, 0.2) is 22.7 Å². The molecule has 25 heavy (non-hydrogen) atoms. The molecule has 2 atom stereocenters. The molecular weight excluding hydrogens is 312 g/mol. The van der Waals surface area contributed by atoms with Crippen molar-refractivity contribution in [3.05, 3.63) is 46.3 Å². The van der Waals surface area contributed by atoms with Gasteiger partial charge in [-0.15, -0.1) is 0 Å². The normalized spacial score (nSPS) is 22.3. The Bertz CT molecular complexity index is 737. The second-order valence-corrected chi connectivity index (χ2v) is 7.60. The van der Waals surface area contributed by atoms with Gasteiger partial charge in [0.15, 0.2) is 0 Å². The molecule has 4 heteroatoms. The first-order valence-corrected chi connectivity index (χ1v) is 9.57. The van der Waals surface area contributed by atoms with E-state index in [2.05, 4.69) is 28.7 Å². The van der Waals surface area contributed by atoms with Crippen molar-refractivity contribution in [3.63, 3.8) is 0 Å². The van der Waals surface area contributed by atoms with Crippen LogP contribution in [0.2, 0.25) is 0 Å². The highest BCUT2D eigenvalue weighted by atomic mass is 16.5. The van der Waals surface area contributed by atoms with Crippen LogP contribution >= 0.6 is 0 Å². The van der Waals surface area contributed by atoms with Gasteiger partial charge in [0.05, 0.1) is 12.8 Å². The summed E-state index contributed by atoms with van der Waals surface area (Å²) in [4.78, 5) is 0. The van der Waals surface area contributed by atoms with Crippen LogP contribution in [0.1, 0.15) is 53.8 Å². The van der Waals surface area contributed by atoms with Crippen molar-refractivity contribution in [1.82, 2.24) is 10.5 Å². The number of benzene rings is 1. The molecule has 2 aliphatic rings. The van der Waals surface area contributed by atoms with E-state index in [0.29, 0.717) is 12.0 Å². The molecule has 4 rings (SSSR count). The standard InChI is InChI=1S/C21H28N2O2/c1-14-9-19(25-23-14)11-17-7-4-8-20(17)22-13-18-10-15-5-3-6-16(15)12-21(18)24-2/h9-10,12,17,20,22H,3-8,11,13H2,1-2H3/t17-,20+/m0/s1. The van der Waals surface area contributed by atoms with E-state index in [1.807, 2.05) is 6.92 Å². The van der Waals surface area contributed by atoms with E-state index in [1.54, 1.807) is 7.11 Å². The number of nitrogens with one attached hydrogen (secondary N) is 1. The van der Waals surface area contributed by atoms with E-state index < -0.39 is 0 Å². The maximum absolute atomic E-state index is 5.65. The van der Waals surface area contributed by atoms with Gasteiger partial charge in [-0.3, -0.25) is 0 Å². The first-order chi connectivity index (χ1) is 12.2. The van der Waals surface area contributed by atoms with Crippen molar-refractivity contribution in [3.8, 4) is 5.75 Å². The molecule has 134 valence electrons. The molecule has 0 spiro atoms. The molecule has 1 saturated carbocycles. The van der Waals surface area contributed by atoms with Crippen molar-refractivity contribution in [2.45, 2.75) is 64.5 Å². The number of ether oxygens (including phenoxy) is 1. The molecular formula is C21H28N2O2. The molecule has 1 heterocycles. The van der Waals surface area contributed by atoms with Crippen molar-refractivity contribution in [2.24, 2.45) is 5.92 Å². The number of hydrogen-bond donors (Lipinski definition) is 1. The predicted molar refractivity (Wildman–Crippen MR) is 97.9 cm³/mol. The fraction of sp³-hybridized carbons (Fsp3) is 0.571. The van der Waals surface area contributed by atoms with Crippen molar-refractivity contribution < 1.29 is 9.26 Å². The Hall–Kier alpha value is -1.81. The summed E-state index contributed by atoms with van der Waals surface area (Å²) in [5.74, 6) is 2.69. The molecule has 1 N–H and O–H groups in total. The van der Waals surface area contributed by atoms with E-state index in [0.717, 1.165) is 30.2 Å². The maximum atomic E-state index is 5.65. The largest absolute Gasteiger partial charge is 0.496 e. The van der Waals surface area contributed by atoms with E-state index in [9.17, 15) is 0 Å². The molecule has 0 radical (unpaired) electrons. The number of nitrogens with zero attached hydrogens (tertiary/aromatic N) is 1. The fourth-order valence-corrected chi connectivity index (χ4v) is 4.54. The van der Waals surface area contributed by atoms with E-state index in [-0.39, 0.29) is 0 Å². The molecule has 4 nitrogen and oxygen atoms in total. The van der Waals surface area contributed by atoms with Crippen LogP contribution in [-0.4, -0.2) is 18.3 Å². The summed E-state index contributed by atoms with van der Waals surface area (Å²) in [6.45, 7) is 2.87. The Labute approximate surface area is 149 Å².